The predicted octanol–water partition coefficient (Wildman–Crippen LogP) is -0.516. The van der Waals surface area contributed by atoms with E-state index in [9.17, 15) is 18.0 Å². The molecule has 0 aliphatic rings. The molecule has 16 heavy (non-hydrogen) atoms. The third-order valence-electron chi connectivity index (χ3n) is 1.92. The van der Waals surface area contributed by atoms with Crippen molar-refractivity contribution >= 4 is 18.5 Å². The molecule has 0 radical (unpaired) electrons. The Morgan fingerprint density at radius 2 is 1.88 bits per heavy atom. The number of halogens is 3. The molecule has 0 aromatic heterocycles. The van der Waals surface area contributed by atoms with Crippen molar-refractivity contribution in [3.8, 4) is 0 Å². The van der Waals surface area contributed by atoms with Gasteiger partial charge in [-0.2, -0.15) is 13.2 Å². The minimum absolute atomic E-state index is 0.226. The fraction of sp³-hybridized carbons (Fsp3) is 0.125. The van der Waals surface area contributed by atoms with Crippen molar-refractivity contribution in [2.24, 2.45) is 5.73 Å². The van der Waals surface area contributed by atoms with Crippen LogP contribution in [0.25, 0.3) is 0 Å². The molecule has 0 fully saturated rings. The number of alkyl halides is 3. The van der Waals surface area contributed by atoms with Crippen LogP contribution in [0, 0.1) is 0 Å². The monoisotopic (exact) mass is 233 g/mol. The number of hydrogen-bond acceptors (Lipinski definition) is 3. The van der Waals surface area contributed by atoms with Gasteiger partial charge in [0.05, 0.1) is 5.56 Å². The lowest BCUT2D eigenvalue weighted by atomic mass is 9.76. The summed E-state index contributed by atoms with van der Waals surface area (Å²) < 4.78 is 37.2. The predicted molar refractivity (Wildman–Crippen MR) is 49.8 cm³/mol. The van der Waals surface area contributed by atoms with Gasteiger partial charge in [0.15, 0.2) is 0 Å². The molecule has 0 unspecified atom stereocenters. The molecule has 1 rings (SSSR count). The van der Waals surface area contributed by atoms with E-state index in [0.717, 1.165) is 6.07 Å². The summed E-state index contributed by atoms with van der Waals surface area (Å²) in [5.74, 6) is -0.948. The van der Waals surface area contributed by atoms with Gasteiger partial charge in [0.1, 0.15) is 0 Å². The van der Waals surface area contributed by atoms with Crippen LogP contribution in [-0.2, 0) is 6.18 Å². The molecule has 1 amide bonds. The maximum absolute atomic E-state index is 12.4. The van der Waals surface area contributed by atoms with Crippen LogP contribution in [0.4, 0.5) is 13.2 Å². The number of carbonyl (C=O) groups excluding carboxylic acids is 1. The minimum atomic E-state index is -4.73. The molecule has 0 heterocycles. The molecule has 86 valence electrons. The van der Waals surface area contributed by atoms with Gasteiger partial charge in [-0.25, -0.2) is 0 Å². The first-order chi connectivity index (χ1) is 7.23. The number of amides is 1. The summed E-state index contributed by atoms with van der Waals surface area (Å²) in [5.41, 5.74) is 2.62. The quantitative estimate of drug-likeness (QED) is 0.601. The minimum Gasteiger partial charge on any atom is -0.423 e. The van der Waals surface area contributed by atoms with Crippen molar-refractivity contribution in [1.82, 2.24) is 0 Å². The molecule has 0 saturated heterocycles. The molecule has 0 bridgehead atoms. The average molecular weight is 233 g/mol. The number of nitrogens with two attached hydrogens (primary N) is 1. The van der Waals surface area contributed by atoms with Gasteiger partial charge in [0.25, 0.3) is 0 Å². The Balaban J connectivity index is 3.37. The summed E-state index contributed by atoms with van der Waals surface area (Å²) in [4.78, 5) is 10.7. The molecule has 0 aliphatic heterocycles. The van der Waals surface area contributed by atoms with Crippen LogP contribution in [0.5, 0.6) is 0 Å². The average Bonchev–Trinajstić information content (AvgIpc) is 2.15. The van der Waals surface area contributed by atoms with Crippen LogP contribution in [-0.4, -0.2) is 23.1 Å². The Hall–Kier alpha value is -1.54. The largest absolute Gasteiger partial charge is 0.489 e. The second kappa shape index (κ2) is 4.15. The molecule has 0 atom stereocenters. The third kappa shape index (κ3) is 2.53. The number of carbonyl (C=O) groups is 1. The van der Waals surface area contributed by atoms with Crippen molar-refractivity contribution in [2.45, 2.75) is 6.18 Å². The van der Waals surface area contributed by atoms with Gasteiger partial charge in [-0.3, -0.25) is 4.79 Å². The fourth-order valence-electron chi connectivity index (χ4n) is 1.19. The number of benzene rings is 1. The van der Waals surface area contributed by atoms with E-state index in [4.69, 9.17) is 15.8 Å². The lowest BCUT2D eigenvalue weighted by Gasteiger charge is -2.12. The first-order valence-electron chi connectivity index (χ1n) is 4.10. The highest BCUT2D eigenvalue weighted by molar-refractivity contribution is 6.59. The highest BCUT2D eigenvalue weighted by atomic mass is 19.4. The van der Waals surface area contributed by atoms with E-state index in [1.807, 2.05) is 0 Å². The van der Waals surface area contributed by atoms with Crippen LogP contribution < -0.4 is 11.2 Å². The third-order valence-corrected chi connectivity index (χ3v) is 1.92. The van der Waals surface area contributed by atoms with Gasteiger partial charge in [-0.1, -0.05) is 0 Å². The van der Waals surface area contributed by atoms with E-state index >= 15 is 0 Å². The topological polar surface area (TPSA) is 83.6 Å². The molecule has 0 aliphatic carbocycles. The van der Waals surface area contributed by atoms with Crippen molar-refractivity contribution in [3.63, 3.8) is 0 Å². The molecule has 4 nitrogen and oxygen atoms in total. The highest BCUT2D eigenvalue weighted by Crippen LogP contribution is 2.28. The first-order valence-corrected chi connectivity index (χ1v) is 4.10. The second-order valence-corrected chi connectivity index (χ2v) is 3.04. The van der Waals surface area contributed by atoms with Crippen LogP contribution in [0.2, 0.25) is 0 Å². The van der Waals surface area contributed by atoms with Crippen molar-refractivity contribution < 1.29 is 28.0 Å². The molecule has 4 N–H and O–H groups in total. The molecule has 8 heteroatoms. The molecule has 1 aromatic carbocycles. The van der Waals surface area contributed by atoms with Gasteiger partial charge in [0, 0.05) is 5.56 Å². The van der Waals surface area contributed by atoms with Crippen LogP contribution in [0.15, 0.2) is 18.2 Å². The van der Waals surface area contributed by atoms with Crippen LogP contribution >= 0.6 is 0 Å². The van der Waals surface area contributed by atoms with E-state index in [1.54, 1.807) is 0 Å². The number of hydrogen-bond donors (Lipinski definition) is 3. The molecular weight excluding hydrogens is 226 g/mol. The number of primary amides is 1. The van der Waals surface area contributed by atoms with E-state index < -0.39 is 30.2 Å². The summed E-state index contributed by atoms with van der Waals surface area (Å²) in [6, 6.07) is 2.15. The standard InChI is InChI=1S/C8H7BF3NO3/c10-8(11,12)5-2-1-4(7(13)14)3-6(5)9(15)16/h1-3,15-16H,(H2,13,14). The Bertz CT molecular complexity index is 419. The van der Waals surface area contributed by atoms with E-state index in [2.05, 4.69) is 0 Å². The lowest BCUT2D eigenvalue weighted by molar-refractivity contribution is -0.136. The van der Waals surface area contributed by atoms with Gasteiger partial charge >= 0.3 is 13.3 Å². The van der Waals surface area contributed by atoms with Crippen LogP contribution in [0.1, 0.15) is 15.9 Å². The van der Waals surface area contributed by atoms with E-state index in [1.165, 1.54) is 0 Å². The van der Waals surface area contributed by atoms with Crippen LogP contribution in [0.3, 0.4) is 0 Å². The molecule has 1 aromatic rings. The zero-order valence-corrected chi connectivity index (χ0v) is 7.82. The molecular formula is C8H7BF3NO3. The SMILES string of the molecule is NC(=O)c1ccc(C(F)(F)F)c(B(O)O)c1. The zero-order chi connectivity index (χ0) is 12.5. The summed E-state index contributed by atoms with van der Waals surface area (Å²) in [5, 5.41) is 17.6. The van der Waals surface area contributed by atoms with Gasteiger partial charge < -0.3 is 15.8 Å². The van der Waals surface area contributed by atoms with E-state index in [-0.39, 0.29) is 5.56 Å². The summed E-state index contributed by atoms with van der Waals surface area (Å²) in [6.07, 6.45) is -4.73. The van der Waals surface area contributed by atoms with Gasteiger partial charge in [0.2, 0.25) is 5.91 Å². The highest BCUT2D eigenvalue weighted by Gasteiger charge is 2.36. The van der Waals surface area contributed by atoms with Crippen molar-refractivity contribution in [1.29, 1.82) is 0 Å². The Morgan fingerprint density at radius 1 is 1.31 bits per heavy atom. The summed E-state index contributed by atoms with van der Waals surface area (Å²) in [7, 11) is -2.32. The first kappa shape index (κ1) is 12.5. The Morgan fingerprint density at radius 3 is 2.25 bits per heavy atom. The zero-order valence-electron chi connectivity index (χ0n) is 7.82. The lowest BCUT2D eigenvalue weighted by Crippen LogP contribution is -2.37. The van der Waals surface area contributed by atoms with Gasteiger partial charge in [-0.15, -0.1) is 0 Å². The van der Waals surface area contributed by atoms with E-state index in [0.29, 0.717) is 12.1 Å². The maximum atomic E-state index is 12.4. The molecule has 0 spiro atoms. The number of rotatable bonds is 2. The smallest absolute Gasteiger partial charge is 0.423 e. The normalized spacial score (nSPS) is 11.3. The van der Waals surface area contributed by atoms with Gasteiger partial charge in [-0.05, 0) is 23.7 Å². The Labute approximate surface area is 88.6 Å². The summed E-state index contributed by atoms with van der Waals surface area (Å²) >= 11 is 0. The maximum Gasteiger partial charge on any atom is 0.489 e. The fourth-order valence-corrected chi connectivity index (χ4v) is 1.19. The van der Waals surface area contributed by atoms with Crippen molar-refractivity contribution in [2.75, 3.05) is 0 Å². The molecule has 0 saturated carbocycles. The Kier molecular flexibility index (Phi) is 3.25. The second-order valence-electron chi connectivity index (χ2n) is 3.04. The summed E-state index contributed by atoms with van der Waals surface area (Å²) in [6.45, 7) is 0. The van der Waals surface area contributed by atoms with Crippen molar-refractivity contribution in [3.05, 3.63) is 29.3 Å².